The molecule has 3 rings (SSSR count). The number of benzene rings is 1. The van der Waals surface area contributed by atoms with Crippen LogP contribution in [0, 0.1) is 0 Å². The topological polar surface area (TPSA) is 68.0 Å². The molecule has 0 bridgehead atoms. The van der Waals surface area contributed by atoms with Gasteiger partial charge in [0.2, 0.25) is 0 Å². The zero-order valence-electron chi connectivity index (χ0n) is 11.5. The maximum absolute atomic E-state index is 12.4. The number of nitrogens with one attached hydrogen (secondary N) is 1. The van der Waals surface area contributed by atoms with Crippen molar-refractivity contribution < 1.29 is 4.79 Å². The van der Waals surface area contributed by atoms with Crippen molar-refractivity contribution in [1.29, 1.82) is 0 Å². The van der Waals surface area contributed by atoms with E-state index < -0.39 is 0 Å². The number of hydrogen-bond donors (Lipinski definition) is 2. The minimum Gasteiger partial charge on any atom is -0.384 e. The molecule has 1 aliphatic heterocycles. The molecule has 1 aliphatic rings. The normalized spacial score (nSPS) is 18.6. The molecule has 0 radical (unpaired) electrons. The van der Waals surface area contributed by atoms with Crippen LogP contribution in [0.2, 0.25) is 0 Å². The van der Waals surface area contributed by atoms with Gasteiger partial charge < -0.3 is 11.1 Å². The maximum Gasteiger partial charge on any atom is 0.252 e. The summed E-state index contributed by atoms with van der Waals surface area (Å²) in [4.78, 5) is 16.7. The number of nitrogens with zero attached hydrogens (tertiary/aromatic N) is 1. The molecule has 2 heterocycles. The van der Waals surface area contributed by atoms with Gasteiger partial charge in [-0.3, -0.25) is 4.79 Å². The van der Waals surface area contributed by atoms with E-state index in [1.54, 1.807) is 6.07 Å². The molecule has 1 unspecified atom stereocenters. The van der Waals surface area contributed by atoms with Crippen molar-refractivity contribution in [2.75, 3.05) is 29.5 Å². The average Bonchev–Trinajstić information content (AvgIpc) is 2.52. The van der Waals surface area contributed by atoms with E-state index in [0.29, 0.717) is 23.2 Å². The molecule has 4 nitrogen and oxygen atoms in total. The van der Waals surface area contributed by atoms with E-state index in [2.05, 4.69) is 10.3 Å². The Balaban J connectivity index is 1.77. The number of fused-ring (bicyclic) bond motifs is 1. The highest BCUT2D eigenvalue weighted by Crippen LogP contribution is 2.24. The minimum absolute atomic E-state index is 0.0727. The van der Waals surface area contributed by atoms with Crippen LogP contribution in [0.25, 0.3) is 10.9 Å². The van der Waals surface area contributed by atoms with Gasteiger partial charge in [0, 0.05) is 34.4 Å². The third-order valence-corrected chi connectivity index (χ3v) is 6.20. The molecule has 0 spiro atoms. The molecular weight excluding hydrogens is 302 g/mol. The number of hydrogen-bond acceptors (Lipinski definition) is 5. The number of rotatable bonds is 3. The monoisotopic (exact) mass is 319 g/mol. The van der Waals surface area contributed by atoms with Crippen molar-refractivity contribution in [3.05, 3.63) is 35.9 Å². The van der Waals surface area contributed by atoms with E-state index in [4.69, 9.17) is 5.73 Å². The summed E-state index contributed by atoms with van der Waals surface area (Å²) in [5.74, 6) is 3.78. The van der Waals surface area contributed by atoms with Crippen molar-refractivity contribution in [3.63, 3.8) is 0 Å². The molecule has 1 fully saturated rings. The molecular formula is C15H17N3OS2. The van der Waals surface area contributed by atoms with Gasteiger partial charge in [-0.2, -0.15) is 23.5 Å². The van der Waals surface area contributed by atoms with E-state index in [9.17, 15) is 4.79 Å². The lowest BCUT2D eigenvalue weighted by atomic mass is 10.1. The van der Waals surface area contributed by atoms with E-state index in [0.717, 1.165) is 22.4 Å². The summed E-state index contributed by atoms with van der Waals surface area (Å²) in [6.07, 6.45) is 0. The second-order valence-electron chi connectivity index (χ2n) is 4.89. The van der Waals surface area contributed by atoms with Crippen molar-refractivity contribution in [1.82, 2.24) is 10.3 Å². The molecule has 0 saturated carbocycles. The second kappa shape index (κ2) is 6.58. The SMILES string of the molecule is Nc1cc(C(=O)NCC2CSCCS2)c2ccccc2n1. The molecule has 110 valence electrons. The predicted octanol–water partition coefficient (Wildman–Crippen LogP) is 2.40. The number of nitrogen functional groups attached to an aromatic ring is 1. The molecule has 2 aromatic rings. The molecule has 1 atom stereocenters. The highest BCUT2D eigenvalue weighted by Gasteiger charge is 2.17. The van der Waals surface area contributed by atoms with Crippen LogP contribution >= 0.6 is 23.5 Å². The number of carbonyl (C=O) groups excluding carboxylic acids is 1. The third-order valence-electron chi connectivity index (χ3n) is 3.36. The van der Waals surface area contributed by atoms with E-state index in [-0.39, 0.29) is 5.91 Å². The van der Waals surface area contributed by atoms with Gasteiger partial charge in [0.25, 0.3) is 5.91 Å². The highest BCUT2D eigenvalue weighted by molar-refractivity contribution is 8.06. The summed E-state index contributed by atoms with van der Waals surface area (Å²) in [6, 6.07) is 9.23. The first-order chi connectivity index (χ1) is 10.2. The Hall–Kier alpha value is -1.40. The summed E-state index contributed by atoms with van der Waals surface area (Å²) in [7, 11) is 0. The van der Waals surface area contributed by atoms with Gasteiger partial charge >= 0.3 is 0 Å². The zero-order valence-corrected chi connectivity index (χ0v) is 13.2. The number of pyridine rings is 1. The van der Waals surface area contributed by atoms with Gasteiger partial charge in [0.15, 0.2) is 0 Å². The minimum atomic E-state index is -0.0727. The Kier molecular flexibility index (Phi) is 4.55. The van der Waals surface area contributed by atoms with Crippen LogP contribution in [-0.4, -0.2) is 39.9 Å². The molecule has 0 aliphatic carbocycles. The molecule has 6 heteroatoms. The summed E-state index contributed by atoms with van der Waals surface area (Å²) >= 11 is 3.89. The van der Waals surface area contributed by atoms with Crippen molar-refractivity contribution >= 4 is 46.2 Å². The van der Waals surface area contributed by atoms with Crippen molar-refractivity contribution in [2.45, 2.75) is 5.25 Å². The summed E-state index contributed by atoms with van der Waals surface area (Å²) in [6.45, 7) is 0.701. The smallest absolute Gasteiger partial charge is 0.252 e. The number of amides is 1. The van der Waals surface area contributed by atoms with Gasteiger partial charge in [-0.15, -0.1) is 0 Å². The number of para-hydroxylation sites is 1. The number of aromatic nitrogens is 1. The van der Waals surface area contributed by atoms with Crippen LogP contribution < -0.4 is 11.1 Å². The Morgan fingerprint density at radius 3 is 3.05 bits per heavy atom. The molecule has 1 aromatic heterocycles. The number of carbonyl (C=O) groups is 1. The predicted molar refractivity (Wildman–Crippen MR) is 92.1 cm³/mol. The van der Waals surface area contributed by atoms with E-state index in [1.807, 2.05) is 47.8 Å². The summed E-state index contributed by atoms with van der Waals surface area (Å²) < 4.78 is 0. The fraction of sp³-hybridized carbons (Fsp3) is 0.333. The standard InChI is InChI=1S/C15H17N3OS2/c16-14-7-12(11-3-1-2-4-13(11)18-14)15(19)17-8-10-9-20-5-6-21-10/h1-4,7,10H,5-6,8-9H2,(H2,16,18)(H,17,19). The van der Waals surface area contributed by atoms with Gasteiger partial charge in [0.05, 0.1) is 11.1 Å². The van der Waals surface area contributed by atoms with E-state index >= 15 is 0 Å². The fourth-order valence-electron chi connectivity index (χ4n) is 2.34. The Morgan fingerprint density at radius 1 is 1.38 bits per heavy atom. The highest BCUT2D eigenvalue weighted by atomic mass is 32.2. The molecule has 1 aromatic carbocycles. The van der Waals surface area contributed by atoms with Crippen LogP contribution in [0.5, 0.6) is 0 Å². The van der Waals surface area contributed by atoms with Crippen LogP contribution in [-0.2, 0) is 0 Å². The Bertz CT molecular complexity index is 656. The Labute approximate surface area is 132 Å². The molecule has 21 heavy (non-hydrogen) atoms. The van der Waals surface area contributed by atoms with E-state index in [1.165, 1.54) is 5.75 Å². The first-order valence-electron chi connectivity index (χ1n) is 6.87. The first-order valence-corrected chi connectivity index (χ1v) is 9.07. The summed E-state index contributed by atoms with van der Waals surface area (Å²) in [5, 5.41) is 4.37. The molecule has 1 saturated heterocycles. The number of anilines is 1. The van der Waals surface area contributed by atoms with Crippen molar-refractivity contribution in [3.8, 4) is 0 Å². The molecule has 1 amide bonds. The quantitative estimate of drug-likeness (QED) is 0.909. The second-order valence-corrected chi connectivity index (χ2v) is 7.45. The van der Waals surface area contributed by atoms with Crippen LogP contribution in [0.4, 0.5) is 5.82 Å². The van der Waals surface area contributed by atoms with Gasteiger partial charge in [-0.05, 0) is 12.1 Å². The lowest BCUT2D eigenvalue weighted by Crippen LogP contribution is -2.33. The first kappa shape index (κ1) is 14.5. The molecule has 3 N–H and O–H groups in total. The summed E-state index contributed by atoms with van der Waals surface area (Å²) in [5.41, 5.74) is 7.16. The van der Waals surface area contributed by atoms with Crippen LogP contribution in [0.15, 0.2) is 30.3 Å². The maximum atomic E-state index is 12.4. The third kappa shape index (κ3) is 3.44. The van der Waals surface area contributed by atoms with Crippen molar-refractivity contribution in [2.24, 2.45) is 0 Å². The van der Waals surface area contributed by atoms with Gasteiger partial charge in [-0.25, -0.2) is 4.98 Å². The number of thioether (sulfide) groups is 2. The lowest BCUT2D eigenvalue weighted by Gasteiger charge is -2.21. The lowest BCUT2D eigenvalue weighted by molar-refractivity contribution is 0.0956. The Morgan fingerprint density at radius 2 is 2.24 bits per heavy atom. The van der Waals surface area contributed by atoms with Crippen LogP contribution in [0.3, 0.4) is 0 Å². The van der Waals surface area contributed by atoms with Crippen LogP contribution in [0.1, 0.15) is 10.4 Å². The zero-order chi connectivity index (χ0) is 14.7. The average molecular weight is 319 g/mol. The van der Waals surface area contributed by atoms with Gasteiger partial charge in [-0.1, -0.05) is 18.2 Å². The largest absolute Gasteiger partial charge is 0.384 e. The number of nitrogens with two attached hydrogens (primary N) is 1. The fourth-order valence-corrected chi connectivity index (χ4v) is 4.95. The van der Waals surface area contributed by atoms with Gasteiger partial charge in [0.1, 0.15) is 5.82 Å².